The topological polar surface area (TPSA) is 52.0 Å². The van der Waals surface area contributed by atoms with Crippen LogP contribution in [0.5, 0.6) is 0 Å². The van der Waals surface area contributed by atoms with Crippen LogP contribution in [0.15, 0.2) is 28.8 Å². The van der Waals surface area contributed by atoms with Crippen LogP contribution < -0.4 is 5.73 Å². The van der Waals surface area contributed by atoms with Crippen LogP contribution in [-0.2, 0) is 6.42 Å². The van der Waals surface area contributed by atoms with Crippen LogP contribution in [0.4, 0.5) is 5.88 Å². The summed E-state index contributed by atoms with van der Waals surface area (Å²) < 4.78 is 4.97. The average Bonchev–Trinajstić information content (AvgIpc) is 2.60. The number of nitrogens with zero attached hydrogens (tertiary/aromatic N) is 1. The molecule has 0 aliphatic carbocycles. The van der Waals surface area contributed by atoms with Gasteiger partial charge in [-0.1, -0.05) is 43.3 Å². The van der Waals surface area contributed by atoms with Gasteiger partial charge >= 0.3 is 0 Å². The van der Waals surface area contributed by atoms with Gasteiger partial charge in [-0.3, -0.25) is 0 Å². The van der Waals surface area contributed by atoms with E-state index in [-0.39, 0.29) is 0 Å². The minimum atomic E-state index is 0.395. The molecule has 0 saturated heterocycles. The molecule has 17 heavy (non-hydrogen) atoms. The molecular weight excluding hydrogens is 212 g/mol. The number of hydrogen-bond acceptors (Lipinski definition) is 3. The minimum Gasteiger partial charge on any atom is -0.367 e. The first kappa shape index (κ1) is 11.7. The molecule has 1 aromatic heterocycles. The summed E-state index contributed by atoms with van der Waals surface area (Å²) in [6.45, 7) is 6.36. The molecule has 3 heteroatoms. The first-order chi connectivity index (χ1) is 8.08. The van der Waals surface area contributed by atoms with Crippen molar-refractivity contribution in [2.45, 2.75) is 27.2 Å². The van der Waals surface area contributed by atoms with Crippen molar-refractivity contribution in [1.82, 2.24) is 5.16 Å². The average molecular weight is 230 g/mol. The van der Waals surface area contributed by atoms with Crippen LogP contribution in [0, 0.1) is 12.8 Å². The summed E-state index contributed by atoms with van der Waals surface area (Å²) in [5.74, 6) is 1.07. The lowest BCUT2D eigenvalue weighted by Gasteiger charge is -2.05. The van der Waals surface area contributed by atoms with Crippen molar-refractivity contribution in [1.29, 1.82) is 0 Å². The molecule has 0 bridgehead atoms. The smallest absolute Gasteiger partial charge is 0.225 e. The largest absolute Gasteiger partial charge is 0.367 e. The summed E-state index contributed by atoms with van der Waals surface area (Å²) in [7, 11) is 0. The fourth-order valence-corrected chi connectivity index (χ4v) is 1.89. The SMILES string of the molecule is Cc1c(-c2ccc(CC(C)C)cc2)noc1N. The van der Waals surface area contributed by atoms with Gasteiger partial charge in [0, 0.05) is 11.1 Å². The quantitative estimate of drug-likeness (QED) is 0.878. The van der Waals surface area contributed by atoms with Crippen LogP contribution in [0.1, 0.15) is 25.0 Å². The lowest BCUT2D eigenvalue weighted by atomic mass is 10.0. The van der Waals surface area contributed by atoms with E-state index in [0.29, 0.717) is 11.8 Å². The Kier molecular flexibility index (Phi) is 3.18. The summed E-state index contributed by atoms with van der Waals surface area (Å²) in [6, 6.07) is 8.42. The van der Waals surface area contributed by atoms with Crippen molar-refractivity contribution >= 4 is 5.88 Å². The Labute approximate surface area is 102 Å². The number of benzene rings is 1. The van der Waals surface area contributed by atoms with Gasteiger partial charge in [0.1, 0.15) is 5.69 Å². The molecule has 0 aliphatic heterocycles. The second-order valence-corrected chi connectivity index (χ2v) is 4.82. The highest BCUT2D eigenvalue weighted by atomic mass is 16.5. The van der Waals surface area contributed by atoms with Crippen molar-refractivity contribution in [2.75, 3.05) is 5.73 Å². The van der Waals surface area contributed by atoms with Crippen molar-refractivity contribution in [3.63, 3.8) is 0 Å². The third kappa shape index (κ3) is 2.49. The predicted octanol–water partition coefficient (Wildman–Crippen LogP) is 3.43. The number of hydrogen-bond donors (Lipinski definition) is 1. The van der Waals surface area contributed by atoms with Gasteiger partial charge in [0.25, 0.3) is 0 Å². The van der Waals surface area contributed by atoms with Gasteiger partial charge in [-0.05, 0) is 24.8 Å². The Balaban J connectivity index is 2.26. The van der Waals surface area contributed by atoms with Gasteiger partial charge in [0.15, 0.2) is 0 Å². The van der Waals surface area contributed by atoms with Gasteiger partial charge in [-0.15, -0.1) is 0 Å². The second-order valence-electron chi connectivity index (χ2n) is 4.82. The van der Waals surface area contributed by atoms with E-state index in [9.17, 15) is 0 Å². The third-order valence-electron chi connectivity index (χ3n) is 2.83. The Hall–Kier alpha value is -1.77. The highest BCUT2D eigenvalue weighted by Crippen LogP contribution is 2.26. The Morgan fingerprint density at radius 3 is 2.35 bits per heavy atom. The van der Waals surface area contributed by atoms with Crippen molar-refractivity contribution < 1.29 is 4.52 Å². The van der Waals surface area contributed by atoms with Crippen LogP contribution in [-0.4, -0.2) is 5.16 Å². The molecule has 1 heterocycles. The normalized spacial score (nSPS) is 11.1. The molecule has 1 aromatic carbocycles. The van der Waals surface area contributed by atoms with E-state index < -0.39 is 0 Å². The monoisotopic (exact) mass is 230 g/mol. The molecule has 0 fully saturated rings. The van der Waals surface area contributed by atoms with Crippen LogP contribution >= 0.6 is 0 Å². The zero-order valence-corrected chi connectivity index (χ0v) is 10.5. The Bertz CT molecular complexity index is 497. The second kappa shape index (κ2) is 4.62. The van der Waals surface area contributed by atoms with E-state index >= 15 is 0 Å². The zero-order valence-electron chi connectivity index (χ0n) is 10.5. The summed E-state index contributed by atoms with van der Waals surface area (Å²) in [4.78, 5) is 0. The van der Waals surface area contributed by atoms with Crippen molar-refractivity contribution in [2.24, 2.45) is 5.92 Å². The number of anilines is 1. The van der Waals surface area contributed by atoms with E-state index in [1.165, 1.54) is 5.56 Å². The summed E-state index contributed by atoms with van der Waals surface area (Å²) in [6.07, 6.45) is 1.10. The number of nitrogen functional groups attached to an aromatic ring is 1. The van der Waals surface area contributed by atoms with E-state index in [1.54, 1.807) is 0 Å². The molecule has 3 nitrogen and oxygen atoms in total. The first-order valence-electron chi connectivity index (χ1n) is 5.89. The van der Waals surface area contributed by atoms with Crippen molar-refractivity contribution in [3.05, 3.63) is 35.4 Å². The molecule has 0 atom stereocenters. The molecule has 2 aromatic rings. The number of rotatable bonds is 3. The van der Waals surface area contributed by atoms with Gasteiger partial charge in [0.05, 0.1) is 0 Å². The first-order valence-corrected chi connectivity index (χ1v) is 5.89. The molecule has 0 aliphatic rings. The van der Waals surface area contributed by atoms with Gasteiger partial charge < -0.3 is 10.3 Å². The predicted molar refractivity (Wildman–Crippen MR) is 69.6 cm³/mol. The maximum Gasteiger partial charge on any atom is 0.225 e. The van der Waals surface area contributed by atoms with Gasteiger partial charge in [0.2, 0.25) is 5.88 Å². The van der Waals surface area contributed by atoms with Gasteiger partial charge in [-0.25, -0.2) is 0 Å². The molecule has 0 unspecified atom stereocenters. The minimum absolute atomic E-state index is 0.395. The van der Waals surface area contributed by atoms with E-state index in [4.69, 9.17) is 10.3 Å². The summed E-state index contributed by atoms with van der Waals surface area (Å²) in [5.41, 5.74) is 9.78. The Morgan fingerprint density at radius 2 is 1.88 bits per heavy atom. The maximum atomic E-state index is 5.64. The fraction of sp³-hybridized carbons (Fsp3) is 0.357. The highest BCUT2D eigenvalue weighted by molar-refractivity contribution is 5.66. The van der Waals surface area contributed by atoms with Gasteiger partial charge in [-0.2, -0.15) is 0 Å². The molecule has 0 radical (unpaired) electrons. The van der Waals surface area contributed by atoms with E-state index in [2.05, 4.69) is 43.3 Å². The highest BCUT2D eigenvalue weighted by Gasteiger charge is 2.10. The summed E-state index contributed by atoms with van der Waals surface area (Å²) >= 11 is 0. The molecular formula is C14H18N2O. The number of aromatic nitrogens is 1. The van der Waals surface area contributed by atoms with E-state index in [0.717, 1.165) is 23.2 Å². The molecule has 2 N–H and O–H groups in total. The van der Waals surface area contributed by atoms with Crippen LogP contribution in [0.3, 0.4) is 0 Å². The lowest BCUT2D eigenvalue weighted by Crippen LogP contribution is -1.93. The molecule has 0 amide bonds. The third-order valence-corrected chi connectivity index (χ3v) is 2.83. The van der Waals surface area contributed by atoms with E-state index in [1.807, 2.05) is 6.92 Å². The standard InChI is InChI=1S/C14H18N2O/c1-9(2)8-11-4-6-12(7-5-11)13-10(3)14(15)17-16-13/h4-7,9H,8,15H2,1-3H3. The molecule has 2 rings (SSSR count). The Morgan fingerprint density at radius 1 is 1.24 bits per heavy atom. The zero-order chi connectivity index (χ0) is 12.4. The molecule has 0 spiro atoms. The fourth-order valence-electron chi connectivity index (χ4n) is 1.89. The van der Waals surface area contributed by atoms with Crippen LogP contribution in [0.2, 0.25) is 0 Å². The lowest BCUT2D eigenvalue weighted by molar-refractivity contribution is 0.439. The maximum absolute atomic E-state index is 5.64. The van der Waals surface area contributed by atoms with Crippen molar-refractivity contribution in [3.8, 4) is 11.3 Å². The molecule has 90 valence electrons. The molecule has 0 saturated carbocycles. The number of nitrogens with two attached hydrogens (primary N) is 1. The van der Waals surface area contributed by atoms with Crippen LogP contribution in [0.25, 0.3) is 11.3 Å². The summed E-state index contributed by atoms with van der Waals surface area (Å²) in [5, 5.41) is 3.98.